The molecule has 0 aliphatic carbocycles. The predicted molar refractivity (Wildman–Crippen MR) is 95.0 cm³/mol. The maximum Gasteiger partial charge on any atom is 0.261 e. The summed E-state index contributed by atoms with van der Waals surface area (Å²) in [4.78, 5) is 29.5. The van der Waals surface area contributed by atoms with Crippen LogP contribution >= 0.6 is 23.2 Å². The Morgan fingerprint density at radius 1 is 1.04 bits per heavy atom. The van der Waals surface area contributed by atoms with E-state index in [0.29, 0.717) is 21.7 Å². The van der Waals surface area contributed by atoms with Gasteiger partial charge in [-0.2, -0.15) is 0 Å². The Bertz CT molecular complexity index is 764. The topological polar surface area (TPSA) is 59.5 Å². The number of fused-ring (bicyclic) bond motifs is 1. The van der Waals surface area contributed by atoms with Crippen LogP contribution in [0.4, 0.5) is 0 Å². The van der Waals surface area contributed by atoms with E-state index >= 15 is 0 Å². The number of benzene rings is 1. The first kappa shape index (κ1) is 17.9. The van der Waals surface area contributed by atoms with E-state index in [1.165, 1.54) is 23.9 Å². The summed E-state index contributed by atoms with van der Waals surface area (Å²) in [6, 6.07) is 8.34. The number of rotatable bonds is 2. The van der Waals surface area contributed by atoms with Crippen molar-refractivity contribution in [1.82, 2.24) is 9.88 Å². The zero-order valence-corrected chi connectivity index (χ0v) is 14.9. The minimum atomic E-state index is -0.309. The monoisotopic (exact) mass is 378 g/mol. The molecule has 1 fully saturated rings. The van der Waals surface area contributed by atoms with Crippen LogP contribution in [0.3, 0.4) is 0 Å². The van der Waals surface area contributed by atoms with Crippen molar-refractivity contribution in [2.24, 2.45) is 0 Å². The van der Waals surface area contributed by atoms with E-state index in [9.17, 15) is 9.59 Å². The van der Waals surface area contributed by atoms with Gasteiger partial charge in [-0.15, -0.1) is 0 Å². The van der Waals surface area contributed by atoms with E-state index < -0.39 is 0 Å². The fraction of sp³-hybridized carbons (Fsp3) is 0.278. The van der Waals surface area contributed by atoms with Crippen LogP contribution in [0.2, 0.25) is 10.2 Å². The Balaban J connectivity index is 0.000000314. The summed E-state index contributed by atoms with van der Waals surface area (Å²) in [5.41, 5.74) is 1.49. The normalized spacial score (nSPS) is 15.8. The molecule has 130 valence electrons. The zero-order valence-electron chi connectivity index (χ0n) is 13.4. The van der Waals surface area contributed by atoms with Crippen LogP contribution in [-0.4, -0.2) is 34.9 Å². The van der Waals surface area contributed by atoms with Gasteiger partial charge in [0.2, 0.25) is 0 Å². The second-order valence-corrected chi connectivity index (χ2v) is 6.44. The summed E-state index contributed by atoms with van der Waals surface area (Å²) in [5.74, 6) is -0.617. The van der Waals surface area contributed by atoms with Gasteiger partial charge in [0.25, 0.3) is 11.8 Å². The average molecular weight is 379 g/mol. The molecular formula is C18H16Cl2N2O3. The largest absolute Gasteiger partial charge is 0.381 e. The van der Waals surface area contributed by atoms with E-state index in [1.54, 1.807) is 30.3 Å². The third-order valence-electron chi connectivity index (χ3n) is 3.90. The van der Waals surface area contributed by atoms with E-state index in [4.69, 9.17) is 27.9 Å². The smallest absolute Gasteiger partial charge is 0.261 e. The molecule has 25 heavy (non-hydrogen) atoms. The lowest BCUT2D eigenvalue weighted by Gasteiger charge is -2.13. The quantitative estimate of drug-likeness (QED) is 0.585. The van der Waals surface area contributed by atoms with Crippen LogP contribution in [0.1, 0.15) is 39.1 Å². The molecule has 0 atom stereocenters. The number of carbonyl (C=O) groups is 2. The molecule has 1 aromatic carbocycles. The van der Waals surface area contributed by atoms with Gasteiger partial charge in [0, 0.05) is 19.4 Å². The molecule has 4 rings (SSSR count). The minimum Gasteiger partial charge on any atom is -0.381 e. The molecule has 0 unspecified atom stereocenters. The Morgan fingerprint density at radius 2 is 1.64 bits per heavy atom. The van der Waals surface area contributed by atoms with Crippen molar-refractivity contribution in [2.75, 3.05) is 13.2 Å². The third-order valence-corrected chi connectivity index (χ3v) is 4.59. The van der Waals surface area contributed by atoms with Crippen molar-refractivity contribution in [2.45, 2.75) is 19.4 Å². The first-order chi connectivity index (χ1) is 12.1. The molecule has 1 aromatic heterocycles. The molecule has 5 nitrogen and oxygen atoms in total. The number of ether oxygens (including phenoxy) is 1. The van der Waals surface area contributed by atoms with Crippen LogP contribution in [0.25, 0.3) is 0 Å². The predicted octanol–water partition coefficient (Wildman–Crippen LogP) is 3.98. The van der Waals surface area contributed by atoms with Gasteiger partial charge in [0.15, 0.2) is 0 Å². The Kier molecular flexibility index (Phi) is 5.68. The lowest BCUT2D eigenvalue weighted by Crippen LogP contribution is -2.29. The summed E-state index contributed by atoms with van der Waals surface area (Å²) < 4.78 is 4.94. The Hall–Kier alpha value is -1.95. The SMILES string of the molecule is C1CCOC1.O=C1c2ccccc2C(=O)N1Cc1cnc(Cl)c(Cl)c1. The number of hydrogen-bond donors (Lipinski definition) is 0. The number of pyridine rings is 1. The number of aromatic nitrogens is 1. The fourth-order valence-corrected chi connectivity index (χ4v) is 2.92. The molecule has 0 spiro atoms. The van der Waals surface area contributed by atoms with E-state index in [-0.39, 0.29) is 23.5 Å². The number of halogens is 2. The van der Waals surface area contributed by atoms with Gasteiger partial charge in [0.1, 0.15) is 5.15 Å². The fourth-order valence-electron chi connectivity index (χ4n) is 2.62. The van der Waals surface area contributed by atoms with Crippen molar-refractivity contribution in [3.05, 3.63) is 63.4 Å². The highest BCUT2D eigenvalue weighted by molar-refractivity contribution is 6.41. The second kappa shape index (κ2) is 7.95. The maximum absolute atomic E-state index is 12.2. The summed E-state index contributed by atoms with van der Waals surface area (Å²) >= 11 is 11.6. The Morgan fingerprint density at radius 3 is 2.12 bits per heavy atom. The molecule has 0 N–H and O–H groups in total. The van der Waals surface area contributed by atoms with Gasteiger partial charge >= 0.3 is 0 Å². The minimum absolute atomic E-state index is 0.121. The highest BCUT2D eigenvalue weighted by Gasteiger charge is 2.35. The molecule has 2 amide bonds. The lowest BCUT2D eigenvalue weighted by molar-refractivity contribution is 0.0642. The van der Waals surface area contributed by atoms with Crippen molar-refractivity contribution >= 4 is 35.0 Å². The van der Waals surface area contributed by atoms with E-state index in [1.807, 2.05) is 0 Å². The molecule has 2 aliphatic heterocycles. The molecule has 0 bridgehead atoms. The molecule has 0 saturated carbocycles. The highest BCUT2D eigenvalue weighted by atomic mass is 35.5. The van der Waals surface area contributed by atoms with Gasteiger partial charge < -0.3 is 4.74 Å². The lowest BCUT2D eigenvalue weighted by atomic mass is 10.1. The summed E-state index contributed by atoms with van der Waals surface area (Å²) in [6.45, 7) is 2.12. The van der Waals surface area contributed by atoms with Crippen LogP contribution in [-0.2, 0) is 11.3 Å². The van der Waals surface area contributed by atoms with E-state index in [2.05, 4.69) is 4.98 Å². The van der Waals surface area contributed by atoms with Crippen molar-refractivity contribution < 1.29 is 14.3 Å². The summed E-state index contributed by atoms with van der Waals surface area (Å²) in [6.07, 6.45) is 4.05. The number of carbonyl (C=O) groups excluding carboxylic acids is 2. The molecule has 7 heteroatoms. The van der Waals surface area contributed by atoms with Gasteiger partial charge in [-0.25, -0.2) is 4.98 Å². The number of imide groups is 1. The molecule has 3 heterocycles. The van der Waals surface area contributed by atoms with Gasteiger partial charge in [-0.3, -0.25) is 14.5 Å². The standard InChI is InChI=1S/C14H8Cl2N2O2.C4H8O/c15-11-5-8(6-17-12(11)16)7-18-13(19)9-3-1-2-4-10(9)14(18)20;1-2-4-5-3-1/h1-6H,7H2;1-4H2. The van der Waals surface area contributed by atoms with E-state index in [0.717, 1.165) is 13.2 Å². The van der Waals surface area contributed by atoms with Gasteiger partial charge in [-0.05, 0) is 36.6 Å². The third kappa shape index (κ3) is 4.00. The number of nitrogens with zero attached hydrogens (tertiary/aromatic N) is 2. The van der Waals surface area contributed by atoms with Crippen LogP contribution in [0, 0.1) is 0 Å². The van der Waals surface area contributed by atoms with Crippen LogP contribution in [0.5, 0.6) is 0 Å². The Labute approximate surface area is 155 Å². The highest BCUT2D eigenvalue weighted by Crippen LogP contribution is 2.26. The van der Waals surface area contributed by atoms with Crippen molar-refractivity contribution in [3.63, 3.8) is 0 Å². The van der Waals surface area contributed by atoms with Crippen LogP contribution < -0.4 is 0 Å². The average Bonchev–Trinajstić information content (AvgIpc) is 3.27. The van der Waals surface area contributed by atoms with Crippen molar-refractivity contribution in [1.29, 1.82) is 0 Å². The summed E-state index contributed by atoms with van der Waals surface area (Å²) in [5, 5.41) is 0.485. The molecule has 2 aromatic rings. The van der Waals surface area contributed by atoms with Gasteiger partial charge in [-0.1, -0.05) is 35.3 Å². The van der Waals surface area contributed by atoms with Crippen LogP contribution in [0.15, 0.2) is 36.5 Å². The first-order valence-electron chi connectivity index (χ1n) is 7.91. The van der Waals surface area contributed by atoms with Crippen molar-refractivity contribution in [3.8, 4) is 0 Å². The maximum atomic E-state index is 12.2. The van der Waals surface area contributed by atoms with Gasteiger partial charge in [0.05, 0.1) is 22.7 Å². The summed E-state index contributed by atoms with van der Waals surface area (Å²) in [7, 11) is 0. The zero-order chi connectivity index (χ0) is 17.8. The molecule has 1 saturated heterocycles. The molecular weight excluding hydrogens is 363 g/mol. The second-order valence-electron chi connectivity index (χ2n) is 5.68. The first-order valence-corrected chi connectivity index (χ1v) is 8.66. The molecule has 0 radical (unpaired) electrons. The number of hydrogen-bond acceptors (Lipinski definition) is 4. The number of amides is 2. The molecule has 2 aliphatic rings.